The molecule has 1 aromatic heterocycles. The fourth-order valence-corrected chi connectivity index (χ4v) is 3.27. The van der Waals surface area contributed by atoms with Crippen molar-refractivity contribution in [3.05, 3.63) is 31.5 Å². The molecule has 61 heavy (non-hydrogen) atoms. The number of carbonyl (C=O) groups is 3. The highest BCUT2D eigenvalue weighted by atomic mass is 16.6. The van der Waals surface area contributed by atoms with Crippen LogP contribution < -0.4 is 17.1 Å². The van der Waals surface area contributed by atoms with Gasteiger partial charge in [-0.15, -0.1) is 0 Å². The molecule has 0 aromatic carbocycles. The van der Waals surface area contributed by atoms with Crippen LogP contribution in [0.25, 0.3) is 0 Å². The number of isocyanates is 6. The van der Waals surface area contributed by atoms with E-state index in [4.69, 9.17) is 14.2 Å². The highest BCUT2D eigenvalue weighted by molar-refractivity contribution is 5.71. The third kappa shape index (κ3) is 32.7. The number of esters is 3. The minimum absolute atomic E-state index is 0. The van der Waals surface area contributed by atoms with Crippen LogP contribution in [0.15, 0.2) is 44.3 Å². The van der Waals surface area contributed by atoms with Gasteiger partial charge in [-0.3, -0.25) is 14.4 Å². The van der Waals surface area contributed by atoms with E-state index >= 15 is 0 Å². The first-order valence-corrected chi connectivity index (χ1v) is 14.1. The maximum Gasteiger partial charge on any atom is 0.339 e. The first-order chi connectivity index (χ1) is 24.5. The Morgan fingerprint density at radius 1 is 0.443 bits per heavy atom. The number of ether oxygens (including phenoxy) is 3. The summed E-state index contributed by atoms with van der Waals surface area (Å²) in [4.78, 5) is 150. The largest absolute Gasteiger partial charge is 0.465 e. The molecule has 0 bridgehead atoms. The minimum atomic E-state index is -1.14. The number of aliphatic imine (C=N–C) groups is 6. The van der Waals surface area contributed by atoms with Crippen LogP contribution >= 0.6 is 0 Å². The van der Waals surface area contributed by atoms with E-state index in [1.807, 2.05) is 0 Å². The van der Waals surface area contributed by atoms with Gasteiger partial charge in [0.15, 0.2) is 0 Å². The zero-order valence-electron chi connectivity index (χ0n) is 26.8. The topological polar surface area (TPSA) is 321 Å². The molecule has 0 fully saturated rings. The van der Waals surface area contributed by atoms with Crippen molar-refractivity contribution < 1.29 is 57.4 Å². The van der Waals surface area contributed by atoms with E-state index in [-0.39, 0.29) is 133 Å². The van der Waals surface area contributed by atoms with Gasteiger partial charge in [0.1, 0.15) is 39.8 Å². The van der Waals surface area contributed by atoms with Gasteiger partial charge in [0, 0.05) is 0 Å². The number of nitrogens with zero attached hydrogens (tertiary/aromatic N) is 9. The number of aromatic nitrogens is 3. The monoisotopic (exact) mass is 879 g/mol. The van der Waals surface area contributed by atoms with E-state index in [2.05, 4.69) is 30.0 Å². The van der Waals surface area contributed by atoms with Crippen molar-refractivity contribution in [2.75, 3.05) is 39.5 Å². The summed E-state index contributed by atoms with van der Waals surface area (Å²) in [5.74, 6) is -1.94. The molecule has 1 rings (SSSR count). The summed E-state index contributed by atoms with van der Waals surface area (Å²) < 4.78 is 16.7. The maximum atomic E-state index is 11.9. The van der Waals surface area contributed by atoms with Crippen LogP contribution in [-0.2, 0) is 77.4 Å². The van der Waals surface area contributed by atoms with E-state index in [0.29, 0.717) is 20.1 Å². The standard InChI is InChI=1S/C18H23N3O9.C9H6N6O6.10CH4/c1-2-18(9-28-15(25)3-6-19-12-22,10-29-16(26)4-7-20-13-23)11-30-17(27)5-8-21-14-24;16-4-10-1-13-7(19)14(2-11-5-17)9(21)15(8(13)20)3-12-6-18;;;;;;;;;;/h2-11H2,1H3;1-3H2;10*1H4. The lowest BCUT2D eigenvalue weighted by Gasteiger charge is -2.31. The van der Waals surface area contributed by atoms with Gasteiger partial charge < -0.3 is 14.2 Å². The highest BCUT2D eigenvalue weighted by Crippen LogP contribution is 2.25. The maximum absolute atomic E-state index is 11.9. The second kappa shape index (κ2) is 49.2. The van der Waals surface area contributed by atoms with Gasteiger partial charge in [0.05, 0.1) is 44.3 Å². The number of hydrogen-bond acceptors (Lipinski definition) is 21. The van der Waals surface area contributed by atoms with E-state index in [0.717, 1.165) is 18.2 Å². The third-order valence-electron chi connectivity index (χ3n) is 6.06. The Kier molecular flexibility index (Phi) is 66.3. The predicted molar refractivity (Wildman–Crippen MR) is 229 cm³/mol. The van der Waals surface area contributed by atoms with Gasteiger partial charge in [-0.05, 0) is 6.42 Å². The van der Waals surface area contributed by atoms with Crippen molar-refractivity contribution in [3.8, 4) is 0 Å². The van der Waals surface area contributed by atoms with Crippen LogP contribution in [-0.4, -0.2) is 108 Å². The van der Waals surface area contributed by atoms with Gasteiger partial charge in [-0.25, -0.2) is 71.8 Å². The van der Waals surface area contributed by atoms with Crippen molar-refractivity contribution in [1.82, 2.24) is 13.7 Å². The van der Waals surface area contributed by atoms with Crippen LogP contribution in [0.1, 0.15) is 107 Å². The number of rotatable bonds is 22. The van der Waals surface area contributed by atoms with Crippen molar-refractivity contribution >= 4 is 54.4 Å². The Balaban J connectivity index is -0.0000000811. The lowest BCUT2D eigenvalue weighted by Crippen LogP contribution is -2.54. The molecule has 24 heteroatoms. The molecule has 1 aromatic rings. The molecule has 0 spiro atoms. The van der Waals surface area contributed by atoms with Gasteiger partial charge in [0.2, 0.25) is 36.5 Å². The average molecular weight is 880 g/mol. The second-order valence-electron chi connectivity index (χ2n) is 9.31. The predicted octanol–water partition coefficient (Wildman–Crippen LogP) is 3.60. The minimum Gasteiger partial charge on any atom is -0.465 e. The highest BCUT2D eigenvalue weighted by Gasteiger charge is 2.34. The Bertz CT molecular complexity index is 1610. The zero-order valence-corrected chi connectivity index (χ0v) is 26.8. The molecule has 0 atom stereocenters. The van der Waals surface area contributed by atoms with Gasteiger partial charge in [-0.2, -0.15) is 15.0 Å². The van der Waals surface area contributed by atoms with Crippen LogP contribution in [0.4, 0.5) is 0 Å². The molecule has 0 amide bonds. The summed E-state index contributed by atoms with van der Waals surface area (Å²) >= 11 is 0. The molecule has 0 N–H and O–H groups in total. The fraction of sp³-hybridized carbons (Fsp3) is 0.676. The molecular weight excluding hydrogens is 810 g/mol. The molecule has 1 heterocycles. The summed E-state index contributed by atoms with van der Waals surface area (Å²) in [6, 6.07) is 0. The molecular formula is C37H69N9O15. The summed E-state index contributed by atoms with van der Waals surface area (Å²) in [5.41, 5.74) is -4.46. The molecule has 0 aliphatic rings. The van der Waals surface area contributed by atoms with Crippen LogP contribution in [0.2, 0.25) is 0 Å². The SMILES string of the molecule is C.C.C.C.C.C.C.C.C.C.CCC(COC(=O)CCN=C=O)(COC(=O)CCN=C=O)COC(=O)CCN=C=O.O=C=NCn1c(=O)n(CN=C=O)c(=O)n(CN=C=O)c1=O. The third-order valence-corrected chi connectivity index (χ3v) is 6.06. The van der Waals surface area contributed by atoms with Gasteiger partial charge in [0.25, 0.3) is 0 Å². The number of carbonyl (C=O) groups excluding carboxylic acids is 9. The molecule has 0 unspecified atom stereocenters. The normalized spacial score (nSPS) is 8.80. The summed E-state index contributed by atoms with van der Waals surface area (Å²) in [7, 11) is 0. The lowest BCUT2D eigenvalue weighted by atomic mass is 9.88. The second-order valence-corrected chi connectivity index (χ2v) is 9.31. The van der Waals surface area contributed by atoms with E-state index in [1.165, 1.54) is 18.2 Å². The average Bonchev–Trinajstić information content (AvgIpc) is 3.12. The molecule has 0 saturated heterocycles. The lowest BCUT2D eigenvalue weighted by molar-refractivity contribution is -0.162. The fourth-order valence-electron chi connectivity index (χ4n) is 3.27. The van der Waals surface area contributed by atoms with E-state index < -0.39 is 60.4 Å². The van der Waals surface area contributed by atoms with Crippen molar-refractivity contribution in [2.24, 2.45) is 35.4 Å². The van der Waals surface area contributed by atoms with Crippen LogP contribution in [0.3, 0.4) is 0 Å². The zero-order chi connectivity index (χ0) is 38.5. The molecule has 352 valence electrons. The first-order valence-electron chi connectivity index (χ1n) is 14.1. The Hall–Kier alpha value is -6.90. The Morgan fingerprint density at radius 2 is 0.656 bits per heavy atom. The smallest absolute Gasteiger partial charge is 0.339 e. The Labute approximate surface area is 358 Å². The summed E-state index contributed by atoms with van der Waals surface area (Å²) in [6.45, 7) is -1.31. The molecule has 0 aliphatic carbocycles. The molecule has 0 radical (unpaired) electrons. The van der Waals surface area contributed by atoms with Crippen LogP contribution in [0, 0.1) is 5.41 Å². The summed E-state index contributed by atoms with van der Waals surface area (Å²) in [5, 5.41) is 0. The Morgan fingerprint density at radius 3 is 0.836 bits per heavy atom. The molecule has 0 aliphatic heterocycles. The van der Waals surface area contributed by atoms with E-state index in [9.17, 15) is 57.5 Å². The van der Waals surface area contributed by atoms with Crippen molar-refractivity contribution in [2.45, 2.75) is 127 Å². The van der Waals surface area contributed by atoms with Gasteiger partial charge >= 0.3 is 35.0 Å². The van der Waals surface area contributed by atoms with Crippen molar-refractivity contribution in [1.29, 1.82) is 0 Å². The first kappa shape index (κ1) is 82.1. The summed E-state index contributed by atoms with van der Waals surface area (Å²) in [6.07, 6.45) is 7.12. The quantitative estimate of drug-likeness (QED) is 0.0695. The van der Waals surface area contributed by atoms with Crippen molar-refractivity contribution in [3.63, 3.8) is 0 Å². The van der Waals surface area contributed by atoms with Crippen LogP contribution in [0.5, 0.6) is 0 Å². The molecule has 24 nitrogen and oxygen atoms in total. The molecule has 0 saturated carbocycles. The van der Waals surface area contributed by atoms with E-state index in [1.54, 1.807) is 6.92 Å². The number of hydrogen-bond donors (Lipinski definition) is 0. The van der Waals surface area contributed by atoms with Gasteiger partial charge in [-0.1, -0.05) is 81.2 Å².